The van der Waals surface area contributed by atoms with E-state index in [9.17, 15) is 14.7 Å². The van der Waals surface area contributed by atoms with Crippen LogP contribution in [0.2, 0.25) is 0 Å². The van der Waals surface area contributed by atoms with Gasteiger partial charge in [0.1, 0.15) is 5.69 Å². The van der Waals surface area contributed by atoms with Gasteiger partial charge >= 0.3 is 0 Å². The molecule has 4 N–H and O–H groups in total. The van der Waals surface area contributed by atoms with Crippen LogP contribution in [0.1, 0.15) is 49.2 Å². The number of aromatic nitrogens is 1. The highest BCUT2D eigenvalue weighted by atomic mass is 16.3. The molecule has 1 aliphatic heterocycles. The summed E-state index contributed by atoms with van der Waals surface area (Å²) in [5.74, 6) is -0.128. The highest BCUT2D eigenvalue weighted by molar-refractivity contribution is 6.04. The van der Waals surface area contributed by atoms with Crippen molar-refractivity contribution in [2.45, 2.75) is 33.1 Å². The number of aromatic amines is 1. The average Bonchev–Trinajstić information content (AvgIpc) is 2.89. The van der Waals surface area contributed by atoms with Gasteiger partial charge in [-0.3, -0.25) is 9.59 Å². The molecule has 0 radical (unpaired) electrons. The minimum atomic E-state index is -0.480. The van der Waals surface area contributed by atoms with E-state index in [0.29, 0.717) is 24.3 Å². The van der Waals surface area contributed by atoms with E-state index in [0.717, 1.165) is 16.5 Å². The van der Waals surface area contributed by atoms with Crippen molar-refractivity contribution in [1.29, 1.82) is 0 Å². The van der Waals surface area contributed by atoms with Crippen molar-refractivity contribution in [3.8, 4) is 0 Å². The van der Waals surface area contributed by atoms with Crippen molar-refractivity contribution in [3.05, 3.63) is 29.5 Å². The van der Waals surface area contributed by atoms with Crippen molar-refractivity contribution in [2.24, 2.45) is 5.41 Å². The van der Waals surface area contributed by atoms with Gasteiger partial charge in [-0.25, -0.2) is 0 Å². The van der Waals surface area contributed by atoms with Crippen LogP contribution in [0.4, 0.5) is 5.69 Å². The highest BCUT2D eigenvalue weighted by Crippen LogP contribution is 2.35. The second-order valence-corrected chi connectivity index (χ2v) is 7.30. The summed E-state index contributed by atoms with van der Waals surface area (Å²) in [5.41, 5.74) is 2.56. The van der Waals surface area contributed by atoms with E-state index in [1.165, 1.54) is 0 Å². The SMILES string of the molecule is CC(C)(C)C(=O)Nc1ccc2[nH]c3c(c2c1)C(CCO)CNC3=O. The standard InChI is InChI=1S/C18H23N3O3/c1-18(2,3)17(24)20-11-4-5-13-12(8-11)14-10(6-7-22)9-19-16(23)15(14)21-13/h4-5,8,10,21-22H,6-7,9H2,1-3H3,(H,19,23)(H,20,24). The number of fused-ring (bicyclic) bond motifs is 3. The number of nitrogens with one attached hydrogen (secondary N) is 3. The van der Waals surface area contributed by atoms with Crippen LogP contribution in [-0.2, 0) is 4.79 Å². The number of aliphatic hydroxyl groups is 1. The molecule has 2 aromatic rings. The van der Waals surface area contributed by atoms with Gasteiger partial charge in [0, 0.05) is 41.1 Å². The number of hydrogen-bond acceptors (Lipinski definition) is 3. The molecule has 6 heteroatoms. The third-order valence-corrected chi connectivity index (χ3v) is 4.40. The van der Waals surface area contributed by atoms with Gasteiger partial charge in [-0.1, -0.05) is 20.8 Å². The molecule has 0 bridgehead atoms. The van der Waals surface area contributed by atoms with Gasteiger partial charge in [0.25, 0.3) is 5.91 Å². The molecule has 0 fully saturated rings. The first kappa shape index (κ1) is 16.5. The number of anilines is 1. The molecule has 2 amide bonds. The Morgan fingerprint density at radius 3 is 2.79 bits per heavy atom. The highest BCUT2D eigenvalue weighted by Gasteiger charge is 2.29. The molecule has 0 spiro atoms. The van der Waals surface area contributed by atoms with Crippen LogP contribution in [0, 0.1) is 5.41 Å². The molecule has 1 aliphatic rings. The predicted molar refractivity (Wildman–Crippen MR) is 93.2 cm³/mol. The van der Waals surface area contributed by atoms with Crippen molar-refractivity contribution in [3.63, 3.8) is 0 Å². The minimum absolute atomic E-state index is 0.0593. The lowest BCUT2D eigenvalue weighted by molar-refractivity contribution is -0.123. The van der Waals surface area contributed by atoms with Crippen LogP contribution in [0.25, 0.3) is 10.9 Å². The van der Waals surface area contributed by atoms with Gasteiger partial charge in [-0.2, -0.15) is 0 Å². The Kier molecular flexibility index (Phi) is 4.09. The van der Waals surface area contributed by atoms with E-state index >= 15 is 0 Å². The quantitative estimate of drug-likeness (QED) is 0.696. The topological polar surface area (TPSA) is 94.2 Å². The predicted octanol–water partition coefficient (Wildman–Crippen LogP) is 2.36. The first-order valence-electron chi connectivity index (χ1n) is 8.17. The Morgan fingerprint density at radius 1 is 1.38 bits per heavy atom. The van der Waals surface area contributed by atoms with Crippen LogP contribution >= 0.6 is 0 Å². The third-order valence-electron chi connectivity index (χ3n) is 4.40. The van der Waals surface area contributed by atoms with Crippen molar-refractivity contribution in [1.82, 2.24) is 10.3 Å². The lowest BCUT2D eigenvalue weighted by atomic mass is 9.90. The molecule has 1 unspecified atom stereocenters. The fourth-order valence-electron chi connectivity index (χ4n) is 3.02. The normalized spacial score (nSPS) is 17.5. The van der Waals surface area contributed by atoms with Gasteiger partial charge in [0.05, 0.1) is 0 Å². The molecule has 128 valence electrons. The summed E-state index contributed by atoms with van der Waals surface area (Å²) >= 11 is 0. The zero-order valence-corrected chi connectivity index (χ0v) is 14.2. The molecule has 1 aromatic carbocycles. The van der Waals surface area contributed by atoms with E-state index in [1.54, 1.807) is 0 Å². The largest absolute Gasteiger partial charge is 0.396 e. The molecule has 0 saturated heterocycles. The van der Waals surface area contributed by atoms with E-state index in [-0.39, 0.29) is 24.3 Å². The smallest absolute Gasteiger partial charge is 0.268 e. The summed E-state index contributed by atoms with van der Waals surface area (Å²) in [6.07, 6.45) is 0.582. The van der Waals surface area contributed by atoms with E-state index < -0.39 is 5.41 Å². The maximum Gasteiger partial charge on any atom is 0.268 e. The Balaban J connectivity index is 2.04. The summed E-state index contributed by atoms with van der Waals surface area (Å²) < 4.78 is 0. The van der Waals surface area contributed by atoms with Crippen LogP contribution in [0.15, 0.2) is 18.2 Å². The van der Waals surface area contributed by atoms with E-state index in [1.807, 2.05) is 39.0 Å². The van der Waals surface area contributed by atoms with E-state index in [2.05, 4.69) is 15.6 Å². The zero-order valence-electron chi connectivity index (χ0n) is 14.2. The van der Waals surface area contributed by atoms with Crippen LogP contribution in [-0.4, -0.2) is 35.1 Å². The number of amides is 2. The first-order chi connectivity index (χ1) is 11.3. The molecule has 0 aliphatic carbocycles. The molecule has 2 heterocycles. The first-order valence-corrected chi connectivity index (χ1v) is 8.17. The average molecular weight is 329 g/mol. The maximum atomic E-state index is 12.2. The van der Waals surface area contributed by atoms with Crippen LogP contribution < -0.4 is 10.6 Å². The summed E-state index contributed by atoms with van der Waals surface area (Å²) in [4.78, 5) is 27.5. The van der Waals surface area contributed by atoms with Crippen molar-refractivity contribution in [2.75, 3.05) is 18.5 Å². The molecule has 6 nitrogen and oxygen atoms in total. The zero-order chi connectivity index (χ0) is 17.5. The van der Waals surface area contributed by atoms with Crippen LogP contribution in [0.3, 0.4) is 0 Å². The Labute approximate surface area is 140 Å². The molecule has 0 saturated carbocycles. The van der Waals surface area contributed by atoms with E-state index in [4.69, 9.17) is 0 Å². The van der Waals surface area contributed by atoms with Gasteiger partial charge in [-0.15, -0.1) is 0 Å². The van der Waals surface area contributed by atoms with Crippen molar-refractivity contribution >= 4 is 28.4 Å². The molecule has 1 atom stereocenters. The molecular formula is C18H23N3O3. The van der Waals surface area contributed by atoms with Gasteiger partial charge in [-0.05, 0) is 30.2 Å². The van der Waals surface area contributed by atoms with Crippen LogP contribution in [0.5, 0.6) is 0 Å². The number of carbonyl (C=O) groups excluding carboxylic acids is 2. The number of aliphatic hydroxyl groups excluding tert-OH is 1. The second-order valence-electron chi connectivity index (χ2n) is 7.30. The lowest BCUT2D eigenvalue weighted by Crippen LogP contribution is -2.35. The maximum absolute atomic E-state index is 12.2. The second kappa shape index (κ2) is 5.94. The van der Waals surface area contributed by atoms with Crippen molar-refractivity contribution < 1.29 is 14.7 Å². The molecule has 24 heavy (non-hydrogen) atoms. The monoisotopic (exact) mass is 329 g/mol. The number of H-pyrrole nitrogens is 1. The minimum Gasteiger partial charge on any atom is -0.396 e. The Hall–Kier alpha value is -2.34. The number of benzene rings is 1. The Morgan fingerprint density at radius 2 is 2.12 bits per heavy atom. The summed E-state index contributed by atoms with van der Waals surface area (Å²) in [6, 6.07) is 5.60. The lowest BCUT2D eigenvalue weighted by Gasteiger charge is -2.23. The number of rotatable bonds is 3. The fourth-order valence-corrected chi connectivity index (χ4v) is 3.02. The summed E-state index contributed by atoms with van der Waals surface area (Å²) in [6.45, 7) is 6.16. The summed E-state index contributed by atoms with van der Waals surface area (Å²) in [5, 5.41) is 16.0. The van der Waals surface area contributed by atoms with Gasteiger partial charge in [0.2, 0.25) is 5.91 Å². The Bertz CT molecular complexity index is 802. The number of carbonyl (C=O) groups is 2. The molecule has 3 rings (SSSR count). The van der Waals surface area contributed by atoms with Gasteiger partial charge < -0.3 is 20.7 Å². The van der Waals surface area contributed by atoms with Gasteiger partial charge in [0.15, 0.2) is 0 Å². The molecule has 1 aromatic heterocycles. The number of hydrogen-bond donors (Lipinski definition) is 4. The summed E-state index contributed by atoms with van der Waals surface area (Å²) in [7, 11) is 0. The fraction of sp³-hybridized carbons (Fsp3) is 0.444. The molecular weight excluding hydrogens is 306 g/mol. The third kappa shape index (κ3) is 2.89.